The molecular weight excluding hydrogens is 299 g/mol. The molecule has 0 saturated heterocycles. The molecule has 4 nitrogen and oxygen atoms in total. The van der Waals surface area contributed by atoms with E-state index in [2.05, 4.69) is 18.5 Å². The molecule has 0 aliphatic carbocycles. The molecule has 0 fully saturated rings. The molecule has 1 aromatic carbocycles. The molecule has 20 heavy (non-hydrogen) atoms. The van der Waals surface area contributed by atoms with Crippen LogP contribution in [0.3, 0.4) is 0 Å². The van der Waals surface area contributed by atoms with Crippen LogP contribution in [0.2, 0.25) is 10.0 Å². The molecular formula is C14H14Cl2N2O2. The number of hydrogen-bond acceptors (Lipinski definition) is 2. The van der Waals surface area contributed by atoms with Gasteiger partial charge in [-0.1, -0.05) is 35.4 Å². The van der Waals surface area contributed by atoms with Crippen LogP contribution in [0, 0.1) is 0 Å². The van der Waals surface area contributed by atoms with E-state index in [1.807, 2.05) is 0 Å². The number of halogens is 2. The number of benzene rings is 1. The highest BCUT2D eigenvalue weighted by atomic mass is 35.5. The molecule has 0 aromatic heterocycles. The minimum absolute atomic E-state index is 0.259. The summed E-state index contributed by atoms with van der Waals surface area (Å²) in [6.45, 7) is 7.59. The van der Waals surface area contributed by atoms with Crippen molar-refractivity contribution in [2.45, 2.75) is 0 Å². The molecule has 1 rings (SSSR count). The second-order valence-electron chi connectivity index (χ2n) is 3.90. The van der Waals surface area contributed by atoms with E-state index in [1.165, 1.54) is 35.3 Å². The minimum atomic E-state index is -0.771. The molecule has 0 unspecified atom stereocenters. The van der Waals surface area contributed by atoms with E-state index >= 15 is 0 Å². The maximum Gasteiger partial charge on any atom is 0.313 e. The molecule has 0 heterocycles. The fourth-order valence-corrected chi connectivity index (χ4v) is 2.03. The molecule has 1 aromatic rings. The molecule has 0 spiro atoms. The van der Waals surface area contributed by atoms with E-state index in [1.54, 1.807) is 0 Å². The highest BCUT2D eigenvalue weighted by Gasteiger charge is 2.20. The molecule has 0 saturated carbocycles. The fourth-order valence-electron chi connectivity index (χ4n) is 1.51. The van der Waals surface area contributed by atoms with Gasteiger partial charge in [0.1, 0.15) is 0 Å². The van der Waals surface area contributed by atoms with Gasteiger partial charge in [0.25, 0.3) is 0 Å². The van der Waals surface area contributed by atoms with E-state index in [9.17, 15) is 9.59 Å². The first kappa shape index (κ1) is 16.3. The Bertz CT molecular complexity index is 514. The molecule has 0 radical (unpaired) electrons. The van der Waals surface area contributed by atoms with Gasteiger partial charge in [0, 0.05) is 28.8 Å². The van der Waals surface area contributed by atoms with Crippen LogP contribution in [0.5, 0.6) is 0 Å². The lowest BCUT2D eigenvalue weighted by atomic mass is 10.3. The van der Waals surface area contributed by atoms with Gasteiger partial charge in [-0.05, 0) is 18.2 Å². The Labute approximate surface area is 127 Å². The van der Waals surface area contributed by atoms with E-state index < -0.39 is 11.8 Å². The molecule has 106 valence electrons. The molecule has 0 atom stereocenters. The third-order valence-electron chi connectivity index (χ3n) is 2.30. The van der Waals surface area contributed by atoms with Gasteiger partial charge in [-0.2, -0.15) is 0 Å². The Morgan fingerprint density at radius 2 is 1.60 bits per heavy atom. The summed E-state index contributed by atoms with van der Waals surface area (Å²) < 4.78 is 0. The van der Waals surface area contributed by atoms with E-state index in [4.69, 9.17) is 23.2 Å². The second kappa shape index (κ2) is 7.72. The van der Waals surface area contributed by atoms with Crippen molar-refractivity contribution in [2.24, 2.45) is 0 Å². The summed E-state index contributed by atoms with van der Waals surface area (Å²) in [4.78, 5) is 25.1. The summed E-state index contributed by atoms with van der Waals surface area (Å²) in [5.74, 6) is -1.45. The van der Waals surface area contributed by atoms with Crippen LogP contribution in [-0.4, -0.2) is 29.8 Å². The molecule has 0 bridgehead atoms. The Morgan fingerprint density at radius 3 is 2.05 bits per heavy atom. The quantitative estimate of drug-likeness (QED) is 0.671. The molecule has 2 amide bonds. The van der Waals surface area contributed by atoms with Crippen molar-refractivity contribution >= 4 is 40.7 Å². The largest absolute Gasteiger partial charge is 0.327 e. The minimum Gasteiger partial charge on any atom is -0.327 e. The molecule has 6 heteroatoms. The van der Waals surface area contributed by atoms with Crippen molar-refractivity contribution in [1.29, 1.82) is 0 Å². The van der Waals surface area contributed by atoms with E-state index in [0.717, 1.165) is 0 Å². The highest BCUT2D eigenvalue weighted by Crippen LogP contribution is 2.22. The predicted octanol–water partition coefficient (Wildman–Crippen LogP) is 3.13. The van der Waals surface area contributed by atoms with Gasteiger partial charge >= 0.3 is 11.8 Å². The number of anilines is 1. The summed E-state index contributed by atoms with van der Waals surface area (Å²) in [6.07, 6.45) is 3.07. The van der Waals surface area contributed by atoms with Crippen LogP contribution >= 0.6 is 23.2 Å². The zero-order valence-electron chi connectivity index (χ0n) is 10.7. The summed E-state index contributed by atoms with van der Waals surface area (Å²) >= 11 is 11.6. The first-order valence-corrected chi connectivity index (χ1v) is 6.51. The smallest absolute Gasteiger partial charge is 0.313 e. The molecule has 0 aliphatic rings. The van der Waals surface area contributed by atoms with Gasteiger partial charge in [-0.3, -0.25) is 9.59 Å². The standard InChI is InChI=1S/C14H14Cl2N2O2/c1-3-5-18(6-4-2)14(20)13(19)17-12-8-10(15)7-11(16)9-12/h3-4,7-9H,1-2,5-6H2,(H,17,19). The Morgan fingerprint density at radius 1 is 1.10 bits per heavy atom. The summed E-state index contributed by atoms with van der Waals surface area (Å²) in [5, 5.41) is 3.19. The average Bonchev–Trinajstić information content (AvgIpc) is 2.36. The Hall–Kier alpha value is -1.78. The van der Waals surface area contributed by atoms with Crippen LogP contribution in [0.4, 0.5) is 5.69 Å². The van der Waals surface area contributed by atoms with Gasteiger partial charge < -0.3 is 10.2 Å². The maximum absolute atomic E-state index is 11.9. The Kier molecular flexibility index (Phi) is 6.28. The normalized spacial score (nSPS) is 9.70. The topological polar surface area (TPSA) is 49.4 Å². The van der Waals surface area contributed by atoms with Gasteiger partial charge in [0.2, 0.25) is 0 Å². The highest BCUT2D eigenvalue weighted by molar-refractivity contribution is 6.40. The first-order chi connectivity index (χ1) is 9.47. The van der Waals surface area contributed by atoms with Crippen molar-refractivity contribution in [3.05, 3.63) is 53.6 Å². The van der Waals surface area contributed by atoms with Crippen LogP contribution in [0.25, 0.3) is 0 Å². The van der Waals surface area contributed by atoms with Crippen LogP contribution in [-0.2, 0) is 9.59 Å². The SMILES string of the molecule is C=CCN(CC=C)C(=O)C(=O)Nc1cc(Cl)cc(Cl)c1. The van der Waals surface area contributed by atoms with Gasteiger partial charge in [-0.25, -0.2) is 0 Å². The zero-order valence-corrected chi connectivity index (χ0v) is 12.2. The second-order valence-corrected chi connectivity index (χ2v) is 4.77. The van der Waals surface area contributed by atoms with Crippen molar-refractivity contribution in [3.63, 3.8) is 0 Å². The van der Waals surface area contributed by atoms with Gasteiger partial charge in [0.05, 0.1) is 0 Å². The zero-order chi connectivity index (χ0) is 15.1. The van der Waals surface area contributed by atoms with Crippen molar-refractivity contribution < 1.29 is 9.59 Å². The van der Waals surface area contributed by atoms with Crippen molar-refractivity contribution in [2.75, 3.05) is 18.4 Å². The lowest BCUT2D eigenvalue weighted by Gasteiger charge is -2.18. The van der Waals surface area contributed by atoms with Crippen molar-refractivity contribution in [3.8, 4) is 0 Å². The summed E-state index contributed by atoms with van der Waals surface area (Å²) in [5.41, 5.74) is 0.359. The summed E-state index contributed by atoms with van der Waals surface area (Å²) in [6, 6.07) is 4.54. The van der Waals surface area contributed by atoms with Crippen LogP contribution < -0.4 is 5.32 Å². The molecule has 0 aliphatic heterocycles. The fraction of sp³-hybridized carbons (Fsp3) is 0.143. The van der Waals surface area contributed by atoms with Crippen LogP contribution in [0.15, 0.2) is 43.5 Å². The van der Waals surface area contributed by atoms with E-state index in [-0.39, 0.29) is 13.1 Å². The Balaban J connectivity index is 2.80. The number of nitrogens with zero attached hydrogens (tertiary/aromatic N) is 1. The summed E-state index contributed by atoms with van der Waals surface area (Å²) in [7, 11) is 0. The van der Waals surface area contributed by atoms with Crippen LogP contribution in [0.1, 0.15) is 0 Å². The van der Waals surface area contributed by atoms with Crippen molar-refractivity contribution in [1.82, 2.24) is 4.90 Å². The lowest BCUT2D eigenvalue weighted by Crippen LogP contribution is -2.39. The number of carbonyl (C=O) groups is 2. The number of carbonyl (C=O) groups excluding carboxylic acids is 2. The number of nitrogens with one attached hydrogen (secondary N) is 1. The lowest BCUT2D eigenvalue weighted by molar-refractivity contribution is -0.142. The number of hydrogen-bond donors (Lipinski definition) is 1. The monoisotopic (exact) mass is 312 g/mol. The first-order valence-electron chi connectivity index (χ1n) is 5.76. The third-order valence-corrected chi connectivity index (χ3v) is 2.74. The number of amides is 2. The van der Waals surface area contributed by atoms with Gasteiger partial charge in [0.15, 0.2) is 0 Å². The molecule has 1 N–H and O–H groups in total. The number of rotatable bonds is 5. The van der Waals surface area contributed by atoms with E-state index in [0.29, 0.717) is 15.7 Å². The predicted molar refractivity (Wildman–Crippen MR) is 82.1 cm³/mol. The maximum atomic E-state index is 11.9. The average molecular weight is 313 g/mol. The third kappa shape index (κ3) is 4.72. The van der Waals surface area contributed by atoms with Gasteiger partial charge in [-0.15, -0.1) is 13.2 Å².